The fourth-order valence-corrected chi connectivity index (χ4v) is 7.19. The number of Topliss-reactive ketones (excluding diaryl/α,β-unsaturated/α-hetero) is 1. The summed E-state index contributed by atoms with van der Waals surface area (Å²) in [5.41, 5.74) is 5.99. The third-order valence-electron chi connectivity index (χ3n) is 8.08. The third kappa shape index (κ3) is 4.91. The Labute approximate surface area is 259 Å². The molecule has 1 amide bonds. The van der Waals surface area contributed by atoms with Crippen LogP contribution in [0.2, 0.25) is 0 Å². The number of nitrogens with zero attached hydrogens (tertiary/aromatic N) is 2. The summed E-state index contributed by atoms with van der Waals surface area (Å²) >= 11 is 1.36. The molecule has 3 heterocycles. The van der Waals surface area contributed by atoms with Crippen LogP contribution >= 0.6 is 11.3 Å². The van der Waals surface area contributed by atoms with Crippen LogP contribution in [-0.2, 0) is 22.6 Å². The number of aliphatic hydroxyl groups excluding tert-OH is 1. The number of ether oxygens (including phenoxy) is 2. The average molecular weight is 603 g/mol. The molecule has 1 saturated heterocycles. The van der Waals surface area contributed by atoms with Gasteiger partial charge in [0.05, 0.1) is 21.8 Å². The van der Waals surface area contributed by atoms with Crippen molar-refractivity contribution in [2.24, 2.45) is 0 Å². The standard InChI is InChI=1S/C36H30N2O5S/c1-20-15-21(2)31-29(16-20)44-36(37-31)38-32(24-9-12-27(13-10-24)42-19-23-7-5-4-6-8-23)30(34(40)35(38)41)33(39)25-11-14-28-26(18-25)17-22(3)43-28/h4-16,18,22,32,39H,17,19H2,1-3H3/b33-30+/t22-,32+/m1/s1. The molecule has 7 rings (SSSR count). The summed E-state index contributed by atoms with van der Waals surface area (Å²) in [4.78, 5) is 33.8. The van der Waals surface area contributed by atoms with E-state index in [1.165, 1.54) is 16.2 Å². The number of thiazole rings is 1. The van der Waals surface area contributed by atoms with Crippen LogP contribution in [0.4, 0.5) is 5.13 Å². The van der Waals surface area contributed by atoms with Crippen molar-refractivity contribution >= 4 is 44.1 Å². The summed E-state index contributed by atoms with van der Waals surface area (Å²) in [7, 11) is 0. The predicted octanol–water partition coefficient (Wildman–Crippen LogP) is 7.44. The van der Waals surface area contributed by atoms with Crippen molar-refractivity contribution in [3.05, 3.63) is 124 Å². The van der Waals surface area contributed by atoms with E-state index in [0.29, 0.717) is 35.0 Å². The second-order valence-electron chi connectivity index (χ2n) is 11.4. The molecule has 0 unspecified atom stereocenters. The fraction of sp³-hybridized carbons (Fsp3) is 0.194. The van der Waals surface area contributed by atoms with Gasteiger partial charge in [0.1, 0.15) is 30.0 Å². The summed E-state index contributed by atoms with van der Waals surface area (Å²) in [6.07, 6.45) is 0.727. The number of benzene rings is 4. The van der Waals surface area contributed by atoms with Gasteiger partial charge in [-0.1, -0.05) is 59.9 Å². The Balaban J connectivity index is 1.32. The molecule has 4 aromatic carbocycles. The van der Waals surface area contributed by atoms with E-state index >= 15 is 0 Å². The van der Waals surface area contributed by atoms with E-state index in [9.17, 15) is 14.7 Å². The molecular formula is C36H30N2O5S. The highest BCUT2D eigenvalue weighted by Gasteiger charge is 2.48. The molecule has 2 aliphatic heterocycles. The number of carbonyl (C=O) groups excluding carboxylic acids is 2. The molecular weight excluding hydrogens is 572 g/mol. The van der Waals surface area contributed by atoms with Gasteiger partial charge in [-0.15, -0.1) is 0 Å². The quantitative estimate of drug-likeness (QED) is 0.123. The second-order valence-corrected chi connectivity index (χ2v) is 12.4. The SMILES string of the molecule is Cc1cc(C)c2nc(N3C(=O)C(=O)/C(=C(/O)c4ccc5c(c4)C[C@@H](C)O5)[C@@H]3c3ccc(OCc4ccccc4)cc3)sc2c1. The molecule has 1 aromatic heterocycles. The van der Waals surface area contributed by atoms with Crippen molar-refractivity contribution < 1.29 is 24.2 Å². The van der Waals surface area contributed by atoms with Gasteiger partial charge >= 0.3 is 5.91 Å². The molecule has 2 aliphatic rings. The highest BCUT2D eigenvalue weighted by Crippen LogP contribution is 2.45. The topological polar surface area (TPSA) is 89.0 Å². The molecule has 2 atom stereocenters. The lowest BCUT2D eigenvalue weighted by atomic mass is 9.94. The number of rotatable bonds is 6. The first-order valence-electron chi connectivity index (χ1n) is 14.5. The highest BCUT2D eigenvalue weighted by atomic mass is 32.1. The van der Waals surface area contributed by atoms with Crippen LogP contribution in [0, 0.1) is 13.8 Å². The molecule has 7 nitrogen and oxygen atoms in total. The Morgan fingerprint density at radius 1 is 1.02 bits per heavy atom. The number of fused-ring (bicyclic) bond motifs is 2. The van der Waals surface area contributed by atoms with Crippen LogP contribution in [0.15, 0.2) is 90.5 Å². The van der Waals surface area contributed by atoms with Crippen molar-refractivity contribution in [2.45, 2.75) is 45.9 Å². The van der Waals surface area contributed by atoms with Crippen molar-refractivity contribution in [1.82, 2.24) is 4.98 Å². The lowest BCUT2D eigenvalue weighted by molar-refractivity contribution is -0.132. The van der Waals surface area contributed by atoms with Gasteiger partial charge in [-0.3, -0.25) is 14.5 Å². The number of hydrogen-bond donors (Lipinski definition) is 1. The monoisotopic (exact) mass is 602 g/mol. The maximum Gasteiger partial charge on any atom is 0.301 e. The summed E-state index contributed by atoms with van der Waals surface area (Å²) in [5.74, 6) is -0.303. The van der Waals surface area contributed by atoms with E-state index < -0.39 is 17.7 Å². The van der Waals surface area contributed by atoms with Gasteiger partial charge in [0, 0.05) is 12.0 Å². The average Bonchev–Trinajstić information content (AvgIpc) is 3.69. The summed E-state index contributed by atoms with van der Waals surface area (Å²) in [5, 5.41) is 12.1. The van der Waals surface area contributed by atoms with E-state index in [0.717, 1.165) is 38.2 Å². The van der Waals surface area contributed by atoms with Gasteiger partial charge in [-0.25, -0.2) is 4.98 Å². The Morgan fingerprint density at radius 2 is 1.80 bits per heavy atom. The Hall–Kier alpha value is -4.95. The second kappa shape index (κ2) is 11.0. The zero-order chi connectivity index (χ0) is 30.5. The third-order valence-corrected chi connectivity index (χ3v) is 9.08. The van der Waals surface area contributed by atoms with E-state index in [1.54, 1.807) is 12.1 Å². The van der Waals surface area contributed by atoms with Gasteiger partial charge < -0.3 is 14.6 Å². The first-order chi connectivity index (χ1) is 21.3. The number of ketones is 1. The smallest absolute Gasteiger partial charge is 0.301 e. The number of aromatic nitrogens is 1. The first-order valence-corrected chi connectivity index (χ1v) is 15.3. The van der Waals surface area contributed by atoms with Crippen molar-refractivity contribution in [3.63, 3.8) is 0 Å². The number of hydrogen-bond acceptors (Lipinski definition) is 7. The summed E-state index contributed by atoms with van der Waals surface area (Å²) in [6, 6.07) is 25.7. The highest BCUT2D eigenvalue weighted by molar-refractivity contribution is 7.22. The summed E-state index contributed by atoms with van der Waals surface area (Å²) < 4.78 is 12.7. The predicted molar refractivity (Wildman–Crippen MR) is 171 cm³/mol. The van der Waals surface area contributed by atoms with Gasteiger partial charge in [0.2, 0.25) is 0 Å². The van der Waals surface area contributed by atoms with Crippen molar-refractivity contribution in [1.29, 1.82) is 0 Å². The number of amides is 1. The van der Waals surface area contributed by atoms with Gasteiger partial charge in [-0.05, 0) is 85.0 Å². The molecule has 5 aromatic rings. The van der Waals surface area contributed by atoms with Crippen molar-refractivity contribution in [2.75, 3.05) is 4.90 Å². The fourth-order valence-electron chi connectivity index (χ4n) is 6.02. The zero-order valence-corrected chi connectivity index (χ0v) is 25.4. The van der Waals surface area contributed by atoms with Gasteiger partial charge in [0.15, 0.2) is 5.13 Å². The van der Waals surface area contributed by atoms with Crippen LogP contribution in [0.25, 0.3) is 16.0 Å². The van der Waals surface area contributed by atoms with E-state index in [-0.39, 0.29) is 17.4 Å². The number of anilines is 1. The van der Waals surface area contributed by atoms with Gasteiger partial charge in [0.25, 0.3) is 5.78 Å². The minimum absolute atomic E-state index is 0.0204. The molecule has 1 fully saturated rings. The van der Waals surface area contributed by atoms with Crippen molar-refractivity contribution in [3.8, 4) is 11.5 Å². The minimum Gasteiger partial charge on any atom is -0.507 e. The zero-order valence-electron chi connectivity index (χ0n) is 24.5. The van der Waals surface area contributed by atoms with E-state index in [1.807, 2.05) is 93.6 Å². The minimum atomic E-state index is -0.886. The molecule has 0 aliphatic carbocycles. The molecule has 44 heavy (non-hydrogen) atoms. The number of carbonyl (C=O) groups is 2. The summed E-state index contributed by atoms with van der Waals surface area (Å²) in [6.45, 7) is 6.39. The molecule has 0 bridgehead atoms. The van der Waals surface area contributed by atoms with E-state index in [4.69, 9.17) is 14.5 Å². The molecule has 220 valence electrons. The Bertz CT molecular complexity index is 1960. The van der Waals surface area contributed by atoms with Gasteiger partial charge in [-0.2, -0.15) is 0 Å². The molecule has 1 N–H and O–H groups in total. The molecule has 0 spiro atoms. The largest absolute Gasteiger partial charge is 0.507 e. The van der Waals surface area contributed by atoms with Crippen LogP contribution in [-0.4, -0.2) is 27.9 Å². The lowest BCUT2D eigenvalue weighted by Gasteiger charge is -2.23. The first kappa shape index (κ1) is 27.9. The maximum atomic E-state index is 13.8. The van der Waals surface area contributed by atoms with E-state index in [2.05, 4.69) is 0 Å². The molecule has 8 heteroatoms. The van der Waals surface area contributed by atoms with Crippen LogP contribution in [0.5, 0.6) is 11.5 Å². The van der Waals surface area contributed by atoms with Crippen LogP contribution < -0.4 is 14.4 Å². The Morgan fingerprint density at radius 3 is 2.57 bits per heavy atom. The molecule has 0 radical (unpaired) electrons. The normalized spacial score (nSPS) is 18.9. The maximum absolute atomic E-state index is 13.8. The number of aliphatic hydroxyl groups is 1. The molecule has 0 saturated carbocycles. The van der Waals surface area contributed by atoms with Crippen LogP contribution in [0.3, 0.4) is 0 Å². The Kier molecular flexibility index (Phi) is 6.94. The van der Waals surface area contributed by atoms with Crippen LogP contribution in [0.1, 0.15) is 46.3 Å². The number of aryl methyl sites for hydroxylation is 2. The lowest BCUT2D eigenvalue weighted by Crippen LogP contribution is -2.29.